The first-order valence-corrected chi connectivity index (χ1v) is 15.8. The van der Waals surface area contributed by atoms with Gasteiger partial charge in [0, 0.05) is 23.5 Å². The lowest BCUT2D eigenvalue weighted by Gasteiger charge is -2.31. The van der Waals surface area contributed by atoms with Crippen molar-refractivity contribution in [2.45, 2.75) is 42.2 Å². The molecule has 11 heteroatoms. The average Bonchev–Trinajstić information content (AvgIpc) is 2.96. The molecule has 0 saturated carbocycles. The van der Waals surface area contributed by atoms with Gasteiger partial charge in [0.15, 0.2) is 11.5 Å². The number of hydrogen-bond acceptors (Lipinski definition) is 8. The van der Waals surface area contributed by atoms with E-state index in [1.54, 1.807) is 24.3 Å². The third-order valence-electron chi connectivity index (χ3n) is 6.48. The van der Waals surface area contributed by atoms with Crippen molar-refractivity contribution in [2.24, 2.45) is 5.92 Å². The second-order valence-corrected chi connectivity index (χ2v) is 12.8. The number of sulfonamides is 1. The van der Waals surface area contributed by atoms with Gasteiger partial charge in [-0.15, -0.1) is 11.8 Å². The van der Waals surface area contributed by atoms with Crippen molar-refractivity contribution in [3.05, 3.63) is 77.9 Å². The molecule has 0 spiro atoms. The van der Waals surface area contributed by atoms with Gasteiger partial charge in [-0.3, -0.25) is 4.79 Å². The average molecular weight is 603 g/mol. The first-order chi connectivity index (χ1) is 19.5. The third kappa shape index (κ3) is 8.38. The summed E-state index contributed by atoms with van der Waals surface area (Å²) < 4.78 is 39.0. The normalized spacial score (nSPS) is 13.2. The zero-order valence-electron chi connectivity index (χ0n) is 23.9. The number of methoxy groups -OCH3 is 2. The van der Waals surface area contributed by atoms with Gasteiger partial charge in [-0.05, 0) is 60.6 Å². The molecule has 0 heterocycles. The van der Waals surface area contributed by atoms with Gasteiger partial charge in [0.1, 0.15) is 0 Å². The molecule has 0 aliphatic rings. The highest BCUT2D eigenvalue weighted by Gasteiger charge is 2.32. The highest BCUT2D eigenvalue weighted by atomic mass is 32.2. The van der Waals surface area contributed by atoms with Crippen LogP contribution in [-0.2, 0) is 16.4 Å². The quantitative estimate of drug-likeness (QED) is 0.235. The molecule has 0 bridgehead atoms. The molecule has 0 aliphatic heterocycles. The Bertz CT molecular complexity index is 1370. The van der Waals surface area contributed by atoms with Crippen LogP contribution in [0.4, 0.5) is 0 Å². The summed E-state index contributed by atoms with van der Waals surface area (Å²) in [6.45, 7) is 3.76. The van der Waals surface area contributed by atoms with E-state index in [2.05, 4.69) is 5.32 Å². The molecule has 41 heavy (non-hydrogen) atoms. The number of benzene rings is 3. The predicted molar refractivity (Wildman–Crippen MR) is 160 cm³/mol. The summed E-state index contributed by atoms with van der Waals surface area (Å²) in [6, 6.07) is 17.8. The Kier molecular flexibility index (Phi) is 11.5. The molecule has 1 amide bonds. The molecule has 3 aromatic carbocycles. The Hall–Kier alpha value is -3.25. The Labute approximate surface area is 246 Å². The van der Waals surface area contributed by atoms with E-state index < -0.39 is 28.1 Å². The van der Waals surface area contributed by atoms with Crippen LogP contribution >= 0.6 is 11.8 Å². The third-order valence-corrected chi connectivity index (χ3v) is 9.07. The van der Waals surface area contributed by atoms with Gasteiger partial charge in [0.2, 0.25) is 15.8 Å². The number of ether oxygens (including phenoxy) is 2. The minimum Gasteiger partial charge on any atom is -0.502 e. The Balaban J connectivity index is 1.93. The van der Waals surface area contributed by atoms with Gasteiger partial charge in [-0.2, -0.15) is 4.31 Å². The van der Waals surface area contributed by atoms with Crippen molar-refractivity contribution in [3.8, 4) is 17.2 Å². The number of nitrogens with one attached hydrogen (secondary N) is 1. The number of hydrogen-bond donors (Lipinski definition) is 3. The van der Waals surface area contributed by atoms with E-state index >= 15 is 0 Å². The SMILES string of the molecule is COc1cc(C(=O)N[C@@H](Cc2ccccc2)[C@H](O)CN(CC(C)C)S(=O)(=O)c2ccc(SC)cc2)cc(OC)c1O. The summed E-state index contributed by atoms with van der Waals surface area (Å²) >= 11 is 1.51. The number of rotatable bonds is 14. The maximum atomic E-state index is 13.7. The number of carbonyl (C=O) groups excluding carboxylic acids is 1. The molecule has 3 aromatic rings. The molecule has 222 valence electrons. The molecule has 0 radical (unpaired) electrons. The summed E-state index contributed by atoms with van der Waals surface area (Å²) in [5.74, 6) is -0.700. The topological polar surface area (TPSA) is 125 Å². The molecule has 3 N–H and O–H groups in total. The Morgan fingerprint density at radius 2 is 1.56 bits per heavy atom. The van der Waals surface area contributed by atoms with Gasteiger partial charge < -0.3 is 25.0 Å². The number of phenolic OH excluding ortho intramolecular Hbond substituents is 1. The number of nitrogens with zero attached hydrogens (tertiary/aromatic N) is 1. The van der Waals surface area contributed by atoms with Gasteiger partial charge in [-0.25, -0.2) is 8.42 Å². The van der Waals surface area contributed by atoms with Crippen molar-refractivity contribution >= 4 is 27.7 Å². The van der Waals surface area contributed by atoms with Crippen LogP contribution in [0.15, 0.2) is 76.5 Å². The number of aliphatic hydroxyl groups is 1. The summed E-state index contributed by atoms with van der Waals surface area (Å²) in [5, 5.41) is 24.6. The van der Waals surface area contributed by atoms with Crippen LogP contribution in [0, 0.1) is 5.92 Å². The fourth-order valence-electron chi connectivity index (χ4n) is 4.34. The number of carbonyl (C=O) groups is 1. The van der Waals surface area contributed by atoms with Crippen molar-refractivity contribution < 1.29 is 32.9 Å². The molecular weight excluding hydrogens is 564 g/mol. The van der Waals surface area contributed by atoms with Crippen molar-refractivity contribution in [2.75, 3.05) is 33.6 Å². The molecular formula is C30H38N2O7S2. The monoisotopic (exact) mass is 602 g/mol. The fourth-order valence-corrected chi connectivity index (χ4v) is 6.37. The number of amides is 1. The lowest BCUT2D eigenvalue weighted by Crippen LogP contribution is -2.51. The Morgan fingerprint density at radius 3 is 2.07 bits per heavy atom. The predicted octanol–water partition coefficient (Wildman–Crippen LogP) is 4.18. The van der Waals surface area contributed by atoms with E-state index in [9.17, 15) is 23.4 Å². The fraction of sp³-hybridized carbons (Fsp3) is 0.367. The number of phenols is 1. The maximum Gasteiger partial charge on any atom is 0.251 e. The molecule has 0 fully saturated rings. The Morgan fingerprint density at radius 1 is 0.976 bits per heavy atom. The van der Waals surface area contributed by atoms with Crippen LogP contribution < -0.4 is 14.8 Å². The summed E-state index contributed by atoms with van der Waals surface area (Å²) in [4.78, 5) is 14.5. The van der Waals surface area contributed by atoms with Gasteiger partial charge in [0.25, 0.3) is 5.91 Å². The van der Waals surface area contributed by atoms with Crippen molar-refractivity contribution in [1.82, 2.24) is 9.62 Å². The summed E-state index contributed by atoms with van der Waals surface area (Å²) in [7, 11) is -1.22. The highest BCUT2D eigenvalue weighted by Crippen LogP contribution is 2.37. The van der Waals surface area contributed by atoms with E-state index in [0.717, 1.165) is 10.5 Å². The van der Waals surface area contributed by atoms with Crippen molar-refractivity contribution in [3.63, 3.8) is 0 Å². The minimum absolute atomic E-state index is 0.0125. The molecule has 0 aliphatic carbocycles. The summed E-state index contributed by atoms with van der Waals surface area (Å²) in [5.41, 5.74) is 0.992. The van der Waals surface area contributed by atoms with Crippen LogP contribution in [0.5, 0.6) is 17.2 Å². The van der Waals surface area contributed by atoms with Gasteiger partial charge in [0.05, 0.1) is 31.3 Å². The lowest BCUT2D eigenvalue weighted by molar-refractivity contribution is 0.0775. The van der Waals surface area contributed by atoms with Crippen LogP contribution in [-0.4, -0.2) is 74.6 Å². The molecule has 0 saturated heterocycles. The van der Waals surface area contributed by atoms with E-state index in [0.29, 0.717) is 0 Å². The maximum absolute atomic E-state index is 13.7. The molecule has 0 unspecified atom stereocenters. The molecule has 3 rings (SSSR count). The first kappa shape index (κ1) is 32.3. The lowest BCUT2D eigenvalue weighted by atomic mass is 10.00. The largest absolute Gasteiger partial charge is 0.502 e. The number of thioether (sulfide) groups is 1. The van der Waals surface area contributed by atoms with E-state index in [1.165, 1.54) is 42.4 Å². The van der Waals surface area contributed by atoms with Crippen LogP contribution in [0.1, 0.15) is 29.8 Å². The number of aromatic hydroxyl groups is 1. The number of aliphatic hydroxyl groups excluding tert-OH is 1. The first-order valence-electron chi connectivity index (χ1n) is 13.1. The highest BCUT2D eigenvalue weighted by molar-refractivity contribution is 7.98. The van der Waals surface area contributed by atoms with Gasteiger partial charge in [-0.1, -0.05) is 44.2 Å². The zero-order valence-corrected chi connectivity index (χ0v) is 25.5. The van der Waals surface area contributed by atoms with Crippen molar-refractivity contribution in [1.29, 1.82) is 0 Å². The van der Waals surface area contributed by atoms with E-state index in [-0.39, 0.29) is 53.1 Å². The zero-order chi connectivity index (χ0) is 30.2. The van der Waals surface area contributed by atoms with Crippen LogP contribution in [0.25, 0.3) is 0 Å². The molecule has 9 nitrogen and oxygen atoms in total. The second-order valence-electron chi connectivity index (χ2n) is 9.96. The molecule has 2 atom stereocenters. The minimum atomic E-state index is -3.94. The standard InChI is InChI=1S/C30H38N2O7S2/c1-20(2)18-32(41(36,37)24-13-11-23(40-5)12-14-24)19-26(33)25(15-21-9-7-6-8-10-21)31-30(35)22-16-27(38-3)29(34)28(17-22)39-4/h6-14,16-17,20,25-26,33-34H,15,18-19H2,1-5H3,(H,31,35)/t25-,26+/m0/s1. The molecule has 0 aromatic heterocycles. The van der Waals surface area contributed by atoms with Crippen LogP contribution in [0.3, 0.4) is 0 Å². The van der Waals surface area contributed by atoms with E-state index in [4.69, 9.17) is 9.47 Å². The summed E-state index contributed by atoms with van der Waals surface area (Å²) in [6.07, 6.45) is 0.910. The smallest absolute Gasteiger partial charge is 0.251 e. The van der Waals surface area contributed by atoms with Gasteiger partial charge >= 0.3 is 0 Å². The second kappa shape index (κ2) is 14.6. The van der Waals surface area contributed by atoms with Crippen LogP contribution in [0.2, 0.25) is 0 Å². The van der Waals surface area contributed by atoms with E-state index in [1.807, 2.05) is 50.4 Å².